The standard InChI is InChI=1S/C13H7Br2ClN2/c14-9-3-1-5-11(8(9)7-17)18-12-6-2-4-10(16)13(12)15/h1-6,18H. The Labute approximate surface area is 127 Å². The summed E-state index contributed by atoms with van der Waals surface area (Å²) in [6.45, 7) is 0. The zero-order valence-electron chi connectivity index (χ0n) is 9.05. The van der Waals surface area contributed by atoms with Crippen molar-refractivity contribution >= 4 is 54.8 Å². The van der Waals surface area contributed by atoms with Gasteiger partial charge in [-0.15, -0.1) is 0 Å². The number of nitriles is 1. The molecule has 0 heterocycles. The van der Waals surface area contributed by atoms with Crippen LogP contribution in [0.5, 0.6) is 0 Å². The van der Waals surface area contributed by atoms with Gasteiger partial charge in [-0.3, -0.25) is 0 Å². The maximum absolute atomic E-state index is 9.14. The van der Waals surface area contributed by atoms with Crippen molar-refractivity contribution in [3.05, 3.63) is 55.9 Å². The van der Waals surface area contributed by atoms with Gasteiger partial charge in [0.1, 0.15) is 6.07 Å². The molecule has 0 bridgehead atoms. The number of hydrogen-bond acceptors (Lipinski definition) is 2. The molecule has 0 atom stereocenters. The van der Waals surface area contributed by atoms with Crippen LogP contribution in [-0.2, 0) is 0 Å². The van der Waals surface area contributed by atoms with Crippen LogP contribution in [0.4, 0.5) is 11.4 Å². The summed E-state index contributed by atoms with van der Waals surface area (Å²) in [6, 6.07) is 13.2. The Morgan fingerprint density at radius 3 is 2.44 bits per heavy atom. The summed E-state index contributed by atoms with van der Waals surface area (Å²) in [5.41, 5.74) is 2.11. The lowest BCUT2D eigenvalue weighted by atomic mass is 10.2. The second-order valence-corrected chi connectivity index (χ2v) is 5.56. The van der Waals surface area contributed by atoms with Crippen LogP contribution in [0.25, 0.3) is 0 Å². The molecule has 2 aromatic carbocycles. The highest BCUT2D eigenvalue weighted by Gasteiger charge is 2.09. The van der Waals surface area contributed by atoms with Crippen molar-refractivity contribution in [2.45, 2.75) is 0 Å². The monoisotopic (exact) mass is 384 g/mol. The van der Waals surface area contributed by atoms with Gasteiger partial charge in [0.15, 0.2) is 0 Å². The van der Waals surface area contributed by atoms with Gasteiger partial charge in [0.25, 0.3) is 0 Å². The van der Waals surface area contributed by atoms with Gasteiger partial charge in [-0.05, 0) is 56.1 Å². The van der Waals surface area contributed by atoms with Crippen molar-refractivity contribution in [2.75, 3.05) is 5.32 Å². The molecule has 0 unspecified atom stereocenters. The minimum atomic E-state index is 0.560. The molecule has 0 amide bonds. The largest absolute Gasteiger partial charge is 0.353 e. The molecule has 1 N–H and O–H groups in total. The minimum Gasteiger partial charge on any atom is -0.353 e. The Balaban J connectivity index is 2.44. The Morgan fingerprint density at radius 2 is 1.72 bits per heavy atom. The van der Waals surface area contributed by atoms with E-state index in [1.165, 1.54) is 0 Å². The third kappa shape index (κ3) is 2.69. The number of anilines is 2. The number of hydrogen-bond donors (Lipinski definition) is 1. The quantitative estimate of drug-likeness (QED) is 0.742. The Morgan fingerprint density at radius 1 is 1.06 bits per heavy atom. The molecule has 0 aromatic heterocycles. The fraction of sp³-hybridized carbons (Fsp3) is 0. The Bertz CT molecular complexity index is 635. The number of benzene rings is 2. The summed E-state index contributed by atoms with van der Waals surface area (Å²) in [5.74, 6) is 0. The van der Waals surface area contributed by atoms with Crippen LogP contribution in [0, 0.1) is 11.3 Å². The smallest absolute Gasteiger partial charge is 0.103 e. The van der Waals surface area contributed by atoms with Gasteiger partial charge in [-0.1, -0.05) is 23.7 Å². The molecule has 0 aliphatic rings. The molecule has 0 radical (unpaired) electrons. The van der Waals surface area contributed by atoms with Gasteiger partial charge in [0, 0.05) is 4.47 Å². The van der Waals surface area contributed by atoms with E-state index >= 15 is 0 Å². The van der Waals surface area contributed by atoms with E-state index < -0.39 is 0 Å². The van der Waals surface area contributed by atoms with Crippen LogP contribution < -0.4 is 5.32 Å². The predicted molar refractivity (Wildman–Crippen MR) is 81.3 cm³/mol. The molecule has 0 fully saturated rings. The second-order valence-electron chi connectivity index (χ2n) is 3.50. The van der Waals surface area contributed by atoms with E-state index in [1.807, 2.05) is 30.3 Å². The fourth-order valence-corrected chi connectivity index (χ4v) is 2.48. The van der Waals surface area contributed by atoms with E-state index in [0.717, 1.165) is 20.3 Å². The molecule has 2 rings (SSSR count). The van der Waals surface area contributed by atoms with Crippen molar-refractivity contribution in [1.82, 2.24) is 0 Å². The van der Waals surface area contributed by atoms with E-state index in [9.17, 15) is 0 Å². The first-order valence-corrected chi connectivity index (χ1v) is 6.99. The topological polar surface area (TPSA) is 35.8 Å². The number of rotatable bonds is 2. The summed E-state index contributed by atoms with van der Waals surface area (Å²) in [4.78, 5) is 0. The van der Waals surface area contributed by atoms with Crippen molar-refractivity contribution in [1.29, 1.82) is 5.26 Å². The predicted octanol–water partition coefficient (Wildman–Crippen LogP) is 5.48. The van der Waals surface area contributed by atoms with Crippen molar-refractivity contribution < 1.29 is 0 Å². The molecule has 0 aliphatic carbocycles. The van der Waals surface area contributed by atoms with E-state index in [1.54, 1.807) is 6.07 Å². The third-order valence-corrected chi connectivity index (χ3v) is 4.40. The highest BCUT2D eigenvalue weighted by atomic mass is 79.9. The summed E-state index contributed by atoms with van der Waals surface area (Å²) >= 11 is 12.8. The molecule has 0 aliphatic heterocycles. The van der Waals surface area contributed by atoms with Crippen LogP contribution in [0.3, 0.4) is 0 Å². The summed E-state index contributed by atoms with van der Waals surface area (Å²) in [6.07, 6.45) is 0. The second kappa shape index (κ2) is 5.75. The molecule has 5 heteroatoms. The lowest BCUT2D eigenvalue weighted by Gasteiger charge is -2.11. The van der Waals surface area contributed by atoms with E-state index in [4.69, 9.17) is 16.9 Å². The zero-order valence-corrected chi connectivity index (χ0v) is 13.0. The van der Waals surface area contributed by atoms with Gasteiger partial charge in [-0.2, -0.15) is 5.26 Å². The lowest BCUT2D eigenvalue weighted by molar-refractivity contribution is 1.44. The zero-order chi connectivity index (χ0) is 13.1. The molecule has 0 spiro atoms. The van der Waals surface area contributed by atoms with Crippen LogP contribution in [-0.4, -0.2) is 0 Å². The van der Waals surface area contributed by atoms with Gasteiger partial charge in [-0.25, -0.2) is 0 Å². The first-order valence-electron chi connectivity index (χ1n) is 5.03. The molecule has 0 saturated heterocycles. The number of halogens is 3. The van der Waals surface area contributed by atoms with Crippen molar-refractivity contribution in [3.8, 4) is 6.07 Å². The van der Waals surface area contributed by atoms with E-state index in [2.05, 4.69) is 43.2 Å². The first kappa shape index (κ1) is 13.4. The average molecular weight is 386 g/mol. The maximum Gasteiger partial charge on any atom is 0.103 e. The van der Waals surface area contributed by atoms with Crippen LogP contribution in [0.1, 0.15) is 5.56 Å². The van der Waals surface area contributed by atoms with E-state index in [0.29, 0.717) is 10.6 Å². The maximum atomic E-state index is 9.14. The summed E-state index contributed by atoms with van der Waals surface area (Å²) in [7, 11) is 0. The Hall–Kier alpha value is -1.02. The highest BCUT2D eigenvalue weighted by molar-refractivity contribution is 9.11. The molecule has 90 valence electrons. The molecule has 18 heavy (non-hydrogen) atoms. The number of nitrogens with zero attached hydrogens (tertiary/aromatic N) is 1. The van der Waals surface area contributed by atoms with Gasteiger partial charge in [0.2, 0.25) is 0 Å². The summed E-state index contributed by atoms with van der Waals surface area (Å²) < 4.78 is 1.53. The molecule has 0 saturated carbocycles. The van der Waals surface area contributed by atoms with E-state index in [-0.39, 0.29) is 0 Å². The van der Waals surface area contributed by atoms with Crippen molar-refractivity contribution in [2.24, 2.45) is 0 Å². The average Bonchev–Trinajstić information content (AvgIpc) is 2.35. The van der Waals surface area contributed by atoms with Gasteiger partial charge in [0.05, 0.1) is 26.4 Å². The Kier molecular flexibility index (Phi) is 4.28. The van der Waals surface area contributed by atoms with Gasteiger partial charge < -0.3 is 5.32 Å². The molecule has 2 nitrogen and oxygen atoms in total. The SMILES string of the molecule is N#Cc1c(Br)cccc1Nc1cccc(Cl)c1Br. The van der Waals surface area contributed by atoms with Crippen LogP contribution >= 0.6 is 43.5 Å². The first-order chi connectivity index (χ1) is 8.63. The third-order valence-electron chi connectivity index (χ3n) is 2.35. The van der Waals surface area contributed by atoms with Crippen LogP contribution in [0.15, 0.2) is 45.3 Å². The molecule has 2 aromatic rings. The summed E-state index contributed by atoms with van der Waals surface area (Å²) in [5, 5.41) is 13.0. The lowest BCUT2D eigenvalue weighted by Crippen LogP contribution is -1.95. The van der Waals surface area contributed by atoms with Crippen LogP contribution in [0.2, 0.25) is 5.02 Å². The van der Waals surface area contributed by atoms with Crippen molar-refractivity contribution in [3.63, 3.8) is 0 Å². The van der Waals surface area contributed by atoms with Gasteiger partial charge >= 0.3 is 0 Å². The highest BCUT2D eigenvalue weighted by Crippen LogP contribution is 2.34. The normalized spacial score (nSPS) is 9.89. The molecular weight excluding hydrogens is 379 g/mol. The number of nitrogens with one attached hydrogen (secondary N) is 1. The molecular formula is C13H7Br2ClN2. The fourth-order valence-electron chi connectivity index (χ4n) is 1.49. The minimum absolute atomic E-state index is 0.560.